The van der Waals surface area contributed by atoms with Gasteiger partial charge in [-0.2, -0.15) is 8.42 Å². The van der Waals surface area contributed by atoms with Gasteiger partial charge < -0.3 is 33.3 Å². The highest BCUT2D eigenvalue weighted by Gasteiger charge is 2.48. The van der Waals surface area contributed by atoms with Gasteiger partial charge in [-0.15, -0.1) is 0 Å². The van der Waals surface area contributed by atoms with Crippen molar-refractivity contribution in [2.75, 3.05) is 59.0 Å². The number of carbonyl (C=O) groups excluding carboxylic acids is 2. The van der Waals surface area contributed by atoms with Crippen molar-refractivity contribution in [1.82, 2.24) is 9.80 Å². The van der Waals surface area contributed by atoms with Gasteiger partial charge >= 0.3 is 0 Å². The summed E-state index contributed by atoms with van der Waals surface area (Å²) < 4.78 is 101. The molecule has 0 saturated carbocycles. The van der Waals surface area contributed by atoms with Crippen LogP contribution < -0.4 is 18.9 Å². The first kappa shape index (κ1) is 41.2. The molecule has 2 aromatic rings. The Hall–Kier alpha value is -3.42. The number of fused-ring (bicyclic) bond motifs is 4. The van der Waals surface area contributed by atoms with Crippen molar-refractivity contribution >= 4 is 29.1 Å². The van der Waals surface area contributed by atoms with Crippen LogP contribution in [-0.2, 0) is 27.5 Å². The van der Waals surface area contributed by atoms with E-state index < -0.39 is 46.8 Å². The molecule has 2 aromatic carbocycles. The van der Waals surface area contributed by atoms with E-state index in [1.807, 2.05) is 13.0 Å². The molecule has 4 aliphatic rings. The number of nitrogens with zero attached hydrogens (tertiary/aromatic N) is 2. The second-order valence-corrected chi connectivity index (χ2v) is 20.6. The van der Waals surface area contributed by atoms with Crippen LogP contribution in [0.5, 0.6) is 23.0 Å². The molecule has 0 aliphatic carbocycles. The number of alkyl halides is 2. The maximum atomic E-state index is 14.3. The third-order valence-corrected chi connectivity index (χ3v) is 16.3. The lowest BCUT2D eigenvalue weighted by Gasteiger charge is -2.26. The SMILES string of the molecule is CCCCP(=O)(CCCOc1cc2c(cc1OC)C(=O)N1CC(F)C[C@H]1C(C)C2)CCCOc1cc2c(cc1OC)C(=O)N1CC(F)C[C@H]1C(S(=O)(=O)O)C2. The summed E-state index contributed by atoms with van der Waals surface area (Å²) in [6.07, 6.45) is 2.37. The van der Waals surface area contributed by atoms with Gasteiger partial charge in [0.25, 0.3) is 21.9 Å². The summed E-state index contributed by atoms with van der Waals surface area (Å²) in [5.74, 6) is 0.828. The highest BCUT2D eigenvalue weighted by Crippen LogP contribution is 2.48. The molecule has 0 bridgehead atoms. The summed E-state index contributed by atoms with van der Waals surface area (Å²) in [4.78, 5) is 29.7. The predicted octanol–water partition coefficient (Wildman–Crippen LogP) is 6.21. The van der Waals surface area contributed by atoms with Crippen molar-refractivity contribution in [1.29, 1.82) is 0 Å². The average molecular weight is 811 g/mol. The molecule has 0 spiro atoms. The molecule has 0 aromatic heterocycles. The molecule has 6 rings (SSSR count). The highest BCUT2D eigenvalue weighted by molar-refractivity contribution is 7.86. The lowest BCUT2D eigenvalue weighted by Crippen LogP contribution is -2.44. The minimum Gasteiger partial charge on any atom is -0.493 e. The molecule has 4 aliphatic heterocycles. The van der Waals surface area contributed by atoms with Gasteiger partial charge in [0, 0.05) is 48.5 Å². The monoisotopic (exact) mass is 810 g/mol. The van der Waals surface area contributed by atoms with Crippen molar-refractivity contribution in [2.45, 2.75) is 94.9 Å². The van der Waals surface area contributed by atoms with Gasteiger partial charge in [-0.1, -0.05) is 20.3 Å². The lowest BCUT2D eigenvalue weighted by atomic mass is 9.92. The van der Waals surface area contributed by atoms with Crippen LogP contribution in [0.3, 0.4) is 0 Å². The first-order valence-electron chi connectivity index (χ1n) is 19.3. The average Bonchev–Trinajstić information content (AvgIpc) is 3.69. The van der Waals surface area contributed by atoms with Crippen LogP contribution in [-0.4, -0.2) is 123 Å². The third-order valence-electron chi connectivity index (χ3n) is 11.6. The van der Waals surface area contributed by atoms with Crippen molar-refractivity contribution in [3.05, 3.63) is 46.5 Å². The topological polar surface area (TPSA) is 149 Å². The Bertz CT molecular complexity index is 1910. The van der Waals surface area contributed by atoms with Crippen molar-refractivity contribution in [3.8, 4) is 23.0 Å². The first-order valence-corrected chi connectivity index (χ1v) is 23.0. The lowest BCUT2D eigenvalue weighted by molar-refractivity contribution is 0.0702. The molecule has 0 radical (unpaired) electrons. The number of amides is 2. The Morgan fingerprint density at radius 2 is 1.24 bits per heavy atom. The number of benzene rings is 2. The Morgan fingerprint density at radius 3 is 1.73 bits per heavy atom. The summed E-state index contributed by atoms with van der Waals surface area (Å²) in [6, 6.07) is 5.42. The summed E-state index contributed by atoms with van der Waals surface area (Å²) in [5, 5.41) is -1.39. The van der Waals surface area contributed by atoms with Crippen LogP contribution in [0.15, 0.2) is 24.3 Å². The minimum absolute atomic E-state index is 0.0878. The molecule has 304 valence electrons. The van der Waals surface area contributed by atoms with E-state index >= 15 is 0 Å². The number of unbranched alkanes of at least 4 members (excludes halogenated alkanes) is 1. The molecule has 55 heavy (non-hydrogen) atoms. The number of rotatable bonds is 16. The van der Waals surface area contributed by atoms with Crippen LogP contribution in [0.4, 0.5) is 8.78 Å². The molecule has 2 fully saturated rings. The van der Waals surface area contributed by atoms with Crippen LogP contribution in [0, 0.1) is 5.92 Å². The first-order chi connectivity index (χ1) is 26.2. The fourth-order valence-electron chi connectivity index (χ4n) is 8.77. The normalized spacial score (nSPS) is 25.9. The molecule has 16 heteroatoms. The van der Waals surface area contributed by atoms with E-state index in [9.17, 15) is 35.9 Å². The fourth-order valence-corrected chi connectivity index (χ4v) is 12.8. The molecule has 12 nitrogen and oxygen atoms in total. The number of ether oxygens (including phenoxy) is 4. The summed E-state index contributed by atoms with van der Waals surface area (Å²) in [5.41, 5.74) is 1.88. The van der Waals surface area contributed by atoms with E-state index in [4.69, 9.17) is 18.9 Å². The van der Waals surface area contributed by atoms with Crippen molar-refractivity contribution < 1.29 is 54.9 Å². The Morgan fingerprint density at radius 1 is 0.764 bits per heavy atom. The zero-order valence-corrected chi connectivity index (χ0v) is 33.7. The second-order valence-electron chi connectivity index (χ2n) is 15.5. The molecule has 1 N–H and O–H groups in total. The van der Waals surface area contributed by atoms with Gasteiger partial charge in [0.1, 0.15) is 17.6 Å². The van der Waals surface area contributed by atoms with E-state index in [-0.39, 0.29) is 67.5 Å². The molecule has 4 heterocycles. The van der Waals surface area contributed by atoms with E-state index in [1.54, 1.807) is 17.0 Å². The molecule has 2 saturated heterocycles. The number of halogens is 2. The number of hydrogen-bond donors (Lipinski definition) is 1. The molecular formula is C39H53F2N2O10PS. The highest BCUT2D eigenvalue weighted by atomic mass is 32.2. The van der Waals surface area contributed by atoms with Crippen LogP contribution in [0.1, 0.15) is 84.2 Å². The van der Waals surface area contributed by atoms with Gasteiger partial charge in [0.05, 0.1) is 53.7 Å². The van der Waals surface area contributed by atoms with E-state index in [0.717, 1.165) is 18.4 Å². The molecular weight excluding hydrogens is 757 g/mol. The summed E-state index contributed by atoms with van der Waals surface area (Å²) in [7, 11) is -4.31. The maximum absolute atomic E-state index is 14.3. The van der Waals surface area contributed by atoms with Crippen LogP contribution >= 0.6 is 7.14 Å². The maximum Gasteiger partial charge on any atom is 0.270 e. The molecule has 2 amide bonds. The van der Waals surface area contributed by atoms with Gasteiger partial charge in [-0.3, -0.25) is 14.1 Å². The summed E-state index contributed by atoms with van der Waals surface area (Å²) in [6.45, 7) is 4.42. The van der Waals surface area contributed by atoms with Gasteiger partial charge in [0.2, 0.25) is 0 Å². The van der Waals surface area contributed by atoms with Crippen molar-refractivity contribution in [3.63, 3.8) is 0 Å². The van der Waals surface area contributed by atoms with Gasteiger partial charge in [0.15, 0.2) is 23.0 Å². The van der Waals surface area contributed by atoms with Crippen LogP contribution in [0.25, 0.3) is 0 Å². The molecule has 5 unspecified atom stereocenters. The van der Waals surface area contributed by atoms with Crippen LogP contribution in [0.2, 0.25) is 0 Å². The third kappa shape index (κ3) is 8.94. The second kappa shape index (κ2) is 17.0. The van der Waals surface area contributed by atoms with E-state index in [0.29, 0.717) is 73.4 Å². The van der Waals surface area contributed by atoms with Gasteiger partial charge in [-0.05, 0) is 73.4 Å². The Balaban J connectivity index is 1.08. The van der Waals surface area contributed by atoms with E-state index in [1.165, 1.54) is 25.2 Å². The summed E-state index contributed by atoms with van der Waals surface area (Å²) >= 11 is 0. The smallest absolute Gasteiger partial charge is 0.270 e. The van der Waals surface area contributed by atoms with Crippen molar-refractivity contribution in [2.24, 2.45) is 5.92 Å². The zero-order chi connectivity index (χ0) is 39.7. The largest absolute Gasteiger partial charge is 0.493 e. The minimum atomic E-state index is -4.61. The zero-order valence-electron chi connectivity index (χ0n) is 32.0. The Kier molecular flexibility index (Phi) is 12.7. The number of carbonyl (C=O) groups is 2. The standard InChI is InChI=1S/C39H53F2N2O10PS/c1-5-6-11-54(46,12-7-9-52-35-15-25-14-24(2)31-18-27(40)22-42(31)38(44)29(25)20-33(35)50-3)13-8-10-53-36-16-26-17-37(55(47,48)49)32-19-28(41)23-43(32)39(45)30(26)21-34(36)51-4/h15-16,20-21,24,27-28,31-32,37H,5-14,17-19,22-23H2,1-4H3,(H,47,48,49)/t24?,27?,28?,31-,32-,37?,54?/m0/s1. The quantitative estimate of drug-likeness (QED) is 0.118. The predicted molar refractivity (Wildman–Crippen MR) is 204 cm³/mol. The number of hydrogen-bond acceptors (Lipinski definition) is 9. The number of methoxy groups -OCH3 is 2. The fraction of sp³-hybridized carbons (Fsp3) is 0.641. The van der Waals surface area contributed by atoms with Gasteiger partial charge in [-0.25, -0.2) is 8.78 Å². The Labute approximate surface area is 322 Å². The van der Waals surface area contributed by atoms with E-state index in [2.05, 4.69) is 6.92 Å². The molecule has 7 atom stereocenters.